The van der Waals surface area contributed by atoms with E-state index < -0.39 is 23.7 Å². The lowest BCUT2D eigenvalue weighted by molar-refractivity contribution is -0.147. The summed E-state index contributed by atoms with van der Waals surface area (Å²) in [4.78, 5) is 24.9. The first-order valence-corrected chi connectivity index (χ1v) is 9.60. The van der Waals surface area contributed by atoms with Gasteiger partial charge in [-0.05, 0) is 50.8 Å². The van der Waals surface area contributed by atoms with Crippen molar-refractivity contribution in [3.05, 3.63) is 65.7 Å². The standard InChI is InChI=1S/C23H29NO5/c1-23(2,3)29-22(26)24-19(15-14-18-12-8-9-13-20(18)27-4)21(25)28-16-17-10-6-5-7-11-17/h5-13,19H,14-16H2,1-4H3,(H,24,26)/t19-/m0/s1. The van der Waals surface area contributed by atoms with Crippen molar-refractivity contribution in [3.63, 3.8) is 0 Å². The van der Waals surface area contributed by atoms with Gasteiger partial charge in [-0.3, -0.25) is 0 Å². The van der Waals surface area contributed by atoms with E-state index in [1.54, 1.807) is 27.9 Å². The molecule has 156 valence electrons. The van der Waals surface area contributed by atoms with E-state index in [9.17, 15) is 9.59 Å². The fraction of sp³-hybridized carbons (Fsp3) is 0.391. The molecule has 0 heterocycles. The molecular weight excluding hydrogens is 370 g/mol. The number of amides is 1. The SMILES string of the molecule is COc1ccccc1CC[C@H](NC(=O)OC(C)(C)C)C(=O)OCc1ccccc1. The van der Waals surface area contributed by atoms with Gasteiger partial charge in [-0.25, -0.2) is 9.59 Å². The molecule has 0 aliphatic heterocycles. The topological polar surface area (TPSA) is 73.9 Å². The van der Waals surface area contributed by atoms with Gasteiger partial charge in [0.05, 0.1) is 7.11 Å². The smallest absolute Gasteiger partial charge is 0.408 e. The number of para-hydroxylation sites is 1. The molecule has 6 heteroatoms. The Balaban J connectivity index is 2.05. The molecule has 0 aliphatic rings. The molecule has 0 aliphatic carbocycles. The van der Waals surface area contributed by atoms with Gasteiger partial charge < -0.3 is 19.5 Å². The summed E-state index contributed by atoms with van der Waals surface area (Å²) in [5, 5.41) is 2.64. The number of hydrogen-bond donors (Lipinski definition) is 1. The quantitative estimate of drug-likeness (QED) is 0.671. The number of nitrogens with one attached hydrogen (secondary N) is 1. The monoisotopic (exact) mass is 399 g/mol. The summed E-state index contributed by atoms with van der Waals surface area (Å²) in [5.74, 6) is 0.232. The van der Waals surface area contributed by atoms with Gasteiger partial charge in [-0.1, -0.05) is 48.5 Å². The van der Waals surface area contributed by atoms with Crippen molar-refractivity contribution in [1.82, 2.24) is 5.32 Å². The number of esters is 1. The molecule has 1 N–H and O–H groups in total. The Morgan fingerprint density at radius 3 is 2.31 bits per heavy atom. The average molecular weight is 399 g/mol. The summed E-state index contributed by atoms with van der Waals surface area (Å²) < 4.78 is 16.1. The lowest BCUT2D eigenvalue weighted by Crippen LogP contribution is -2.44. The van der Waals surface area contributed by atoms with Gasteiger partial charge in [-0.15, -0.1) is 0 Å². The second-order valence-corrected chi connectivity index (χ2v) is 7.64. The van der Waals surface area contributed by atoms with Crippen LogP contribution in [0, 0.1) is 0 Å². The molecule has 0 bridgehead atoms. The Labute approximate surface area is 172 Å². The number of carbonyl (C=O) groups is 2. The highest BCUT2D eigenvalue weighted by Crippen LogP contribution is 2.20. The Morgan fingerprint density at radius 2 is 1.66 bits per heavy atom. The molecule has 1 atom stereocenters. The lowest BCUT2D eigenvalue weighted by Gasteiger charge is -2.23. The van der Waals surface area contributed by atoms with Crippen molar-refractivity contribution in [2.45, 2.75) is 51.9 Å². The molecule has 0 aromatic heterocycles. The minimum atomic E-state index is -0.835. The van der Waals surface area contributed by atoms with Gasteiger partial charge in [0.15, 0.2) is 0 Å². The zero-order chi connectivity index (χ0) is 21.3. The summed E-state index contributed by atoms with van der Waals surface area (Å²) in [5.41, 5.74) is 1.16. The van der Waals surface area contributed by atoms with E-state index in [-0.39, 0.29) is 6.61 Å². The first kappa shape index (κ1) is 22.3. The van der Waals surface area contributed by atoms with Crippen LogP contribution in [0.4, 0.5) is 4.79 Å². The first-order valence-electron chi connectivity index (χ1n) is 9.60. The van der Waals surface area contributed by atoms with E-state index >= 15 is 0 Å². The van der Waals surface area contributed by atoms with Gasteiger partial charge in [0.25, 0.3) is 0 Å². The van der Waals surface area contributed by atoms with Crippen molar-refractivity contribution in [2.75, 3.05) is 7.11 Å². The molecule has 29 heavy (non-hydrogen) atoms. The summed E-state index contributed by atoms with van der Waals surface area (Å²) >= 11 is 0. The molecule has 0 saturated heterocycles. The van der Waals surface area contributed by atoms with E-state index in [0.717, 1.165) is 16.9 Å². The molecule has 6 nitrogen and oxygen atoms in total. The number of aryl methyl sites for hydroxylation is 1. The lowest BCUT2D eigenvalue weighted by atomic mass is 10.0. The van der Waals surface area contributed by atoms with E-state index in [2.05, 4.69) is 5.32 Å². The Hall–Kier alpha value is -3.02. The minimum Gasteiger partial charge on any atom is -0.496 e. The number of ether oxygens (including phenoxy) is 3. The number of carbonyl (C=O) groups excluding carboxylic acids is 2. The number of methoxy groups -OCH3 is 1. The molecule has 0 unspecified atom stereocenters. The summed E-state index contributed by atoms with van der Waals surface area (Å²) in [7, 11) is 1.60. The zero-order valence-electron chi connectivity index (χ0n) is 17.4. The predicted molar refractivity (Wildman–Crippen MR) is 111 cm³/mol. The fourth-order valence-corrected chi connectivity index (χ4v) is 2.74. The third-order valence-electron chi connectivity index (χ3n) is 4.09. The maximum Gasteiger partial charge on any atom is 0.408 e. The fourth-order valence-electron chi connectivity index (χ4n) is 2.74. The Kier molecular flexibility index (Phi) is 8.07. The van der Waals surface area contributed by atoms with Crippen LogP contribution in [0.2, 0.25) is 0 Å². The van der Waals surface area contributed by atoms with Crippen LogP contribution in [0.5, 0.6) is 5.75 Å². The van der Waals surface area contributed by atoms with Crippen molar-refractivity contribution >= 4 is 12.1 Å². The maximum atomic E-state index is 12.7. The number of hydrogen-bond acceptors (Lipinski definition) is 5. The van der Waals surface area contributed by atoms with E-state index in [1.807, 2.05) is 54.6 Å². The molecule has 0 saturated carbocycles. The largest absolute Gasteiger partial charge is 0.496 e. The number of alkyl carbamates (subject to hydrolysis) is 1. The number of rotatable bonds is 8. The van der Waals surface area contributed by atoms with Crippen molar-refractivity contribution < 1.29 is 23.8 Å². The van der Waals surface area contributed by atoms with E-state index in [1.165, 1.54) is 0 Å². The molecular formula is C23H29NO5. The highest BCUT2D eigenvalue weighted by atomic mass is 16.6. The molecule has 2 rings (SSSR count). The molecule has 2 aromatic rings. The van der Waals surface area contributed by atoms with Gasteiger partial charge >= 0.3 is 12.1 Å². The maximum absolute atomic E-state index is 12.7. The normalized spacial score (nSPS) is 12.0. The van der Waals surface area contributed by atoms with Crippen LogP contribution in [0.15, 0.2) is 54.6 Å². The van der Waals surface area contributed by atoms with Crippen molar-refractivity contribution in [2.24, 2.45) is 0 Å². The molecule has 2 aromatic carbocycles. The van der Waals surface area contributed by atoms with Crippen molar-refractivity contribution in [3.8, 4) is 5.75 Å². The van der Waals surface area contributed by atoms with E-state index in [0.29, 0.717) is 12.8 Å². The van der Waals surface area contributed by atoms with Crippen LogP contribution >= 0.6 is 0 Å². The summed E-state index contributed by atoms with van der Waals surface area (Å²) in [6.07, 6.45) is 0.234. The highest BCUT2D eigenvalue weighted by Gasteiger charge is 2.26. The zero-order valence-corrected chi connectivity index (χ0v) is 17.4. The van der Waals surface area contributed by atoms with Crippen molar-refractivity contribution in [1.29, 1.82) is 0 Å². The van der Waals surface area contributed by atoms with Crippen LogP contribution in [0.3, 0.4) is 0 Å². The van der Waals surface area contributed by atoms with Gasteiger partial charge in [0, 0.05) is 0 Å². The van der Waals surface area contributed by atoms with Crippen LogP contribution < -0.4 is 10.1 Å². The van der Waals surface area contributed by atoms with Crippen LogP contribution in [0.25, 0.3) is 0 Å². The second-order valence-electron chi connectivity index (χ2n) is 7.64. The summed E-state index contributed by atoms with van der Waals surface area (Å²) in [6.45, 7) is 5.44. The molecule has 0 radical (unpaired) electrons. The first-order chi connectivity index (χ1) is 13.8. The second kappa shape index (κ2) is 10.5. The average Bonchev–Trinajstić information content (AvgIpc) is 2.69. The Morgan fingerprint density at radius 1 is 1.00 bits per heavy atom. The minimum absolute atomic E-state index is 0.140. The third-order valence-corrected chi connectivity index (χ3v) is 4.09. The predicted octanol–water partition coefficient (Wildman–Crippen LogP) is 4.26. The van der Waals surface area contributed by atoms with Gasteiger partial charge in [-0.2, -0.15) is 0 Å². The Bertz CT molecular complexity index is 798. The van der Waals surface area contributed by atoms with Crippen LogP contribution in [-0.2, 0) is 27.3 Å². The van der Waals surface area contributed by atoms with Gasteiger partial charge in [0.1, 0.15) is 24.0 Å². The molecule has 1 amide bonds. The molecule has 0 spiro atoms. The highest BCUT2D eigenvalue weighted by molar-refractivity contribution is 5.81. The van der Waals surface area contributed by atoms with Crippen LogP contribution in [-0.4, -0.2) is 30.8 Å². The molecule has 0 fully saturated rings. The van der Waals surface area contributed by atoms with Crippen LogP contribution in [0.1, 0.15) is 38.3 Å². The third kappa shape index (κ3) is 7.86. The summed E-state index contributed by atoms with van der Waals surface area (Å²) in [6, 6.07) is 16.1. The number of benzene rings is 2. The van der Waals surface area contributed by atoms with Gasteiger partial charge in [0.2, 0.25) is 0 Å². The van der Waals surface area contributed by atoms with E-state index in [4.69, 9.17) is 14.2 Å².